The summed E-state index contributed by atoms with van der Waals surface area (Å²) >= 11 is 0. The monoisotopic (exact) mass is 316 g/mol. The Morgan fingerprint density at radius 1 is 1.20 bits per heavy atom. The largest absolute Gasteiger partial charge is 0.306 e. The van der Waals surface area contributed by atoms with Gasteiger partial charge in [-0.15, -0.1) is 10.3 Å². The standard InChI is InChI=1S/C14H20O4S2/c1-12-5-7-14(8-6-12)20(16,17)18-19(11-13(2)15)9-3-4-10-19/h5-8H,3-4,9-11H2,1-2H3. The highest BCUT2D eigenvalue weighted by atomic mass is 32.3. The third kappa shape index (κ3) is 3.62. The first-order valence-corrected chi connectivity index (χ1v) is 10.1. The van der Waals surface area contributed by atoms with Crippen LogP contribution in [-0.2, 0) is 18.5 Å². The van der Waals surface area contributed by atoms with Gasteiger partial charge in [-0.3, -0.25) is 4.79 Å². The summed E-state index contributed by atoms with van der Waals surface area (Å²) in [5, 5.41) is 0. The fraction of sp³-hybridized carbons (Fsp3) is 0.500. The lowest BCUT2D eigenvalue weighted by molar-refractivity contribution is -0.114. The predicted molar refractivity (Wildman–Crippen MR) is 81.6 cm³/mol. The Balaban J connectivity index is 2.25. The smallest absolute Gasteiger partial charge is 0.299 e. The van der Waals surface area contributed by atoms with Crippen LogP contribution in [0.25, 0.3) is 0 Å². The Morgan fingerprint density at radius 2 is 1.75 bits per heavy atom. The SMILES string of the molecule is CC(=O)CS1(OS(=O)(=O)c2ccc(C)cc2)CCCC1. The molecular formula is C14H20O4S2. The zero-order valence-corrected chi connectivity index (χ0v) is 13.4. The van der Waals surface area contributed by atoms with Crippen LogP contribution in [0.2, 0.25) is 0 Å². The van der Waals surface area contributed by atoms with Gasteiger partial charge in [-0.2, -0.15) is 8.42 Å². The summed E-state index contributed by atoms with van der Waals surface area (Å²) in [5.41, 5.74) is 0.996. The van der Waals surface area contributed by atoms with Gasteiger partial charge in [-0.05, 0) is 38.8 Å². The molecule has 0 aliphatic carbocycles. The lowest BCUT2D eigenvalue weighted by atomic mass is 10.2. The number of ketones is 1. The zero-order valence-electron chi connectivity index (χ0n) is 11.8. The van der Waals surface area contributed by atoms with Crippen molar-refractivity contribution in [2.24, 2.45) is 0 Å². The molecule has 1 saturated heterocycles. The van der Waals surface area contributed by atoms with Crippen LogP contribution in [0.5, 0.6) is 0 Å². The van der Waals surface area contributed by atoms with E-state index in [1.807, 2.05) is 6.92 Å². The van der Waals surface area contributed by atoms with E-state index < -0.39 is 20.4 Å². The minimum atomic E-state index is -3.78. The average Bonchev–Trinajstić information content (AvgIpc) is 2.75. The summed E-state index contributed by atoms with van der Waals surface area (Å²) in [7, 11) is -5.59. The van der Waals surface area contributed by atoms with Crippen LogP contribution in [0.3, 0.4) is 0 Å². The van der Waals surface area contributed by atoms with Crippen LogP contribution in [0.4, 0.5) is 0 Å². The minimum Gasteiger partial charge on any atom is -0.299 e. The molecule has 1 fully saturated rings. The number of carbonyl (C=O) groups is 1. The van der Waals surface area contributed by atoms with E-state index in [1.165, 1.54) is 6.92 Å². The lowest BCUT2D eigenvalue weighted by Gasteiger charge is -2.32. The van der Waals surface area contributed by atoms with E-state index in [0.29, 0.717) is 11.5 Å². The van der Waals surface area contributed by atoms with Crippen molar-refractivity contribution in [2.75, 3.05) is 17.3 Å². The summed E-state index contributed by atoms with van der Waals surface area (Å²) in [6, 6.07) is 6.61. The van der Waals surface area contributed by atoms with Gasteiger partial charge in [0.15, 0.2) is 0 Å². The van der Waals surface area contributed by atoms with Crippen molar-refractivity contribution in [1.82, 2.24) is 0 Å². The molecule has 112 valence electrons. The highest BCUT2D eigenvalue weighted by Crippen LogP contribution is 2.56. The molecule has 0 bridgehead atoms. The molecular weight excluding hydrogens is 296 g/mol. The molecule has 4 nitrogen and oxygen atoms in total. The molecule has 2 rings (SSSR count). The molecule has 0 N–H and O–H groups in total. The van der Waals surface area contributed by atoms with Gasteiger partial charge in [0, 0.05) is 11.5 Å². The maximum Gasteiger partial charge on any atom is 0.306 e. The lowest BCUT2D eigenvalue weighted by Crippen LogP contribution is -2.20. The first kappa shape index (κ1) is 15.5. The molecule has 1 aromatic rings. The third-order valence-electron chi connectivity index (χ3n) is 3.29. The summed E-state index contributed by atoms with van der Waals surface area (Å²) < 4.78 is 30.3. The molecule has 0 atom stereocenters. The third-order valence-corrected chi connectivity index (χ3v) is 9.01. The molecule has 0 saturated carbocycles. The molecule has 1 aliphatic heterocycles. The van der Waals surface area contributed by atoms with Crippen LogP contribution in [0, 0.1) is 6.92 Å². The van der Waals surface area contributed by atoms with E-state index in [-0.39, 0.29) is 16.4 Å². The second-order valence-electron chi connectivity index (χ2n) is 5.26. The van der Waals surface area contributed by atoms with Crippen LogP contribution in [-0.4, -0.2) is 31.5 Å². The Hall–Kier alpha value is -0.850. The van der Waals surface area contributed by atoms with E-state index in [4.69, 9.17) is 3.63 Å². The Bertz CT molecular complexity index is 584. The topological polar surface area (TPSA) is 60.4 Å². The molecule has 0 amide bonds. The molecule has 0 spiro atoms. The maximum absolute atomic E-state index is 12.4. The first-order valence-electron chi connectivity index (χ1n) is 6.62. The summed E-state index contributed by atoms with van der Waals surface area (Å²) in [6.07, 6.45) is 1.87. The zero-order chi connectivity index (χ0) is 14.8. The number of carbonyl (C=O) groups excluding carboxylic acids is 1. The van der Waals surface area contributed by atoms with Crippen molar-refractivity contribution < 1.29 is 16.8 Å². The Labute approximate surface area is 122 Å². The van der Waals surface area contributed by atoms with Crippen LogP contribution >= 0.6 is 10.3 Å². The predicted octanol–water partition coefficient (Wildman–Crippen LogP) is 2.80. The van der Waals surface area contributed by atoms with E-state index in [1.54, 1.807) is 24.3 Å². The molecule has 1 heterocycles. The number of aryl methyl sites for hydroxylation is 1. The van der Waals surface area contributed by atoms with E-state index in [2.05, 4.69) is 0 Å². The molecule has 0 radical (unpaired) electrons. The van der Waals surface area contributed by atoms with Crippen molar-refractivity contribution >= 4 is 26.2 Å². The normalized spacial score (nSPS) is 19.7. The second-order valence-corrected chi connectivity index (χ2v) is 10.2. The first-order chi connectivity index (χ1) is 9.33. The highest BCUT2D eigenvalue weighted by Gasteiger charge is 2.36. The van der Waals surface area contributed by atoms with Gasteiger partial charge in [0.1, 0.15) is 5.78 Å². The van der Waals surface area contributed by atoms with Gasteiger partial charge >= 0.3 is 10.1 Å². The van der Waals surface area contributed by atoms with Crippen LogP contribution < -0.4 is 0 Å². The minimum absolute atomic E-state index is 0.000932. The van der Waals surface area contributed by atoms with Crippen LogP contribution in [0.15, 0.2) is 29.2 Å². The van der Waals surface area contributed by atoms with Crippen LogP contribution in [0.1, 0.15) is 25.3 Å². The fourth-order valence-corrected chi connectivity index (χ4v) is 8.11. The van der Waals surface area contributed by atoms with E-state index >= 15 is 0 Å². The van der Waals surface area contributed by atoms with Crippen molar-refractivity contribution in [3.8, 4) is 0 Å². The fourth-order valence-electron chi connectivity index (χ4n) is 2.37. The van der Waals surface area contributed by atoms with E-state index in [0.717, 1.165) is 18.4 Å². The second kappa shape index (κ2) is 5.87. The van der Waals surface area contributed by atoms with Crippen molar-refractivity contribution in [2.45, 2.75) is 31.6 Å². The van der Waals surface area contributed by atoms with E-state index in [9.17, 15) is 13.2 Å². The van der Waals surface area contributed by atoms with Crippen molar-refractivity contribution in [1.29, 1.82) is 0 Å². The maximum atomic E-state index is 12.4. The summed E-state index contributed by atoms with van der Waals surface area (Å²) in [5.74, 6) is 1.66. The van der Waals surface area contributed by atoms with Gasteiger partial charge in [-0.1, -0.05) is 17.7 Å². The number of Topliss-reactive ketones (excluding diaryl/α,β-unsaturated/α-hetero) is 1. The van der Waals surface area contributed by atoms with Gasteiger partial charge in [0.25, 0.3) is 0 Å². The van der Waals surface area contributed by atoms with Gasteiger partial charge in [-0.25, -0.2) is 3.63 Å². The molecule has 6 heteroatoms. The summed E-state index contributed by atoms with van der Waals surface area (Å²) in [6.45, 7) is 3.39. The van der Waals surface area contributed by atoms with Crippen molar-refractivity contribution in [3.05, 3.63) is 29.8 Å². The van der Waals surface area contributed by atoms with Gasteiger partial charge < -0.3 is 0 Å². The summed E-state index contributed by atoms with van der Waals surface area (Å²) in [4.78, 5) is 11.6. The quantitative estimate of drug-likeness (QED) is 0.838. The number of rotatable bonds is 5. The molecule has 1 aliphatic rings. The van der Waals surface area contributed by atoms with Gasteiger partial charge in [0.05, 0.1) is 10.6 Å². The highest BCUT2D eigenvalue weighted by molar-refractivity contribution is 8.33. The number of hydrogen-bond acceptors (Lipinski definition) is 4. The molecule has 1 aromatic carbocycles. The number of benzene rings is 1. The van der Waals surface area contributed by atoms with Gasteiger partial charge in [0.2, 0.25) is 0 Å². The number of hydrogen-bond donors (Lipinski definition) is 0. The molecule has 0 unspecified atom stereocenters. The Kier molecular flexibility index (Phi) is 4.56. The van der Waals surface area contributed by atoms with Crippen molar-refractivity contribution in [3.63, 3.8) is 0 Å². The molecule has 20 heavy (non-hydrogen) atoms. The average molecular weight is 316 g/mol. The Morgan fingerprint density at radius 3 is 2.25 bits per heavy atom. The molecule has 0 aromatic heterocycles.